The fraction of sp³-hybridized carbons (Fsp3) is 0.350. The Kier molecular flexibility index (Phi) is 12.1. The van der Waals surface area contributed by atoms with E-state index in [0.717, 1.165) is 6.07 Å². The van der Waals surface area contributed by atoms with Gasteiger partial charge in [0.2, 0.25) is 0 Å². The minimum absolute atomic E-state index is 0.0191. The van der Waals surface area contributed by atoms with Crippen LogP contribution in [0.2, 0.25) is 0 Å². The first-order chi connectivity index (χ1) is 29.5. The van der Waals surface area contributed by atoms with Gasteiger partial charge in [-0.05, 0) is 32.8 Å². The number of carbonyl (C=O) groups is 5. The van der Waals surface area contributed by atoms with Gasteiger partial charge in [0.1, 0.15) is 29.1 Å². The largest absolute Gasteiger partial charge is 0.505 e. The molecule has 4 atom stereocenters. The van der Waals surface area contributed by atoms with Crippen molar-refractivity contribution in [1.82, 2.24) is 29.6 Å². The second-order valence-corrected chi connectivity index (χ2v) is 14.9. The summed E-state index contributed by atoms with van der Waals surface area (Å²) in [7, 11) is 0. The van der Waals surface area contributed by atoms with Crippen LogP contribution in [0.15, 0.2) is 47.9 Å². The first-order valence-corrected chi connectivity index (χ1v) is 19.1. The first kappa shape index (κ1) is 43.3. The Morgan fingerprint density at radius 1 is 0.726 bits per heavy atom. The predicted molar refractivity (Wildman–Crippen MR) is 201 cm³/mol. The lowest BCUT2D eigenvalue weighted by molar-refractivity contribution is -0.117. The highest BCUT2D eigenvalue weighted by Gasteiger charge is 2.43. The number of oxime groups is 1. The van der Waals surface area contributed by atoms with Gasteiger partial charge in [0, 0.05) is 66.9 Å². The van der Waals surface area contributed by atoms with E-state index in [4.69, 9.17) is 9.47 Å². The molecule has 4 aliphatic heterocycles. The molecule has 17 nitrogen and oxygen atoms in total. The molecule has 6 heterocycles. The molecule has 8 rings (SSSR count). The van der Waals surface area contributed by atoms with Gasteiger partial charge in [0.15, 0.2) is 41.1 Å². The highest BCUT2D eigenvalue weighted by atomic mass is 19.2. The van der Waals surface area contributed by atoms with Crippen LogP contribution in [0, 0.1) is 29.1 Å². The van der Waals surface area contributed by atoms with Gasteiger partial charge in [-0.3, -0.25) is 24.0 Å². The number of ether oxygens (including phenoxy) is 2. The Labute approximate surface area is 347 Å². The molecule has 2 aromatic carbocycles. The van der Waals surface area contributed by atoms with Crippen LogP contribution >= 0.6 is 0 Å². The third-order valence-electron chi connectivity index (χ3n) is 11.0. The Morgan fingerprint density at radius 3 is 1.76 bits per heavy atom. The van der Waals surface area contributed by atoms with Crippen LogP contribution in [0.25, 0.3) is 0 Å². The summed E-state index contributed by atoms with van der Waals surface area (Å²) in [6, 6.07) is 3.58. The molecule has 0 spiro atoms. The van der Waals surface area contributed by atoms with E-state index in [2.05, 4.69) is 10.5 Å². The number of rotatable bonds is 8. The van der Waals surface area contributed by atoms with Crippen LogP contribution in [0.4, 0.5) is 22.0 Å². The summed E-state index contributed by atoms with van der Waals surface area (Å²) in [6.45, 7) is 4.07. The van der Waals surface area contributed by atoms with Gasteiger partial charge in [-0.15, -0.1) is 0 Å². The van der Waals surface area contributed by atoms with Crippen molar-refractivity contribution in [3.05, 3.63) is 105 Å². The Hall–Kier alpha value is -6.81. The smallest absolute Gasteiger partial charge is 0.292 e. The van der Waals surface area contributed by atoms with Gasteiger partial charge in [0.25, 0.3) is 29.4 Å². The average Bonchev–Trinajstić information content (AvgIpc) is 3.72. The molecule has 5 N–H and O–H groups in total. The second kappa shape index (κ2) is 17.3. The van der Waals surface area contributed by atoms with E-state index in [1.165, 1.54) is 37.4 Å². The lowest BCUT2D eigenvalue weighted by Crippen LogP contribution is -2.56. The molecular formula is C40H38F5N7O10. The number of nitrogens with one attached hydrogen (secondary N) is 2. The fourth-order valence-corrected chi connectivity index (χ4v) is 7.70. The second-order valence-electron chi connectivity index (χ2n) is 14.9. The zero-order valence-electron chi connectivity index (χ0n) is 32.8. The molecule has 2 aromatic heterocycles. The number of ketones is 1. The number of hydrogen-bond donors (Lipinski definition) is 5. The highest BCUT2D eigenvalue weighted by molar-refractivity contribution is 6.46. The SMILES string of the molecule is C[C@@H]1CCO[C@H]2Cn3cc(/C(=N\O)C(=O)NCc4ccc(F)cc4F)c(O)c3C(=O)N12.C[C@@H]1CCO[C@H]2Cn3cc(C(=O)C(=O)NCc4c(F)cc(F)cc4F)c(O)c3C(=O)N12. The summed E-state index contributed by atoms with van der Waals surface area (Å²) < 4.78 is 81.3. The maximum absolute atomic E-state index is 13.8. The third-order valence-corrected chi connectivity index (χ3v) is 11.0. The summed E-state index contributed by atoms with van der Waals surface area (Å²) in [5, 5.41) is 37.9. The zero-order chi connectivity index (χ0) is 44.7. The van der Waals surface area contributed by atoms with Crippen molar-refractivity contribution < 1.29 is 70.8 Å². The van der Waals surface area contributed by atoms with Crippen molar-refractivity contribution in [1.29, 1.82) is 0 Å². The molecule has 62 heavy (non-hydrogen) atoms. The summed E-state index contributed by atoms with van der Waals surface area (Å²) in [6.07, 6.45) is 2.71. The van der Waals surface area contributed by atoms with Crippen LogP contribution < -0.4 is 10.6 Å². The molecular weight excluding hydrogens is 833 g/mol. The van der Waals surface area contributed by atoms with E-state index in [0.29, 0.717) is 44.3 Å². The quantitative estimate of drug-likeness (QED) is 0.0435. The molecule has 2 saturated heterocycles. The van der Waals surface area contributed by atoms with Crippen LogP contribution in [0.3, 0.4) is 0 Å². The summed E-state index contributed by atoms with van der Waals surface area (Å²) in [5.41, 5.74) is -1.92. The molecule has 4 aliphatic rings. The van der Waals surface area contributed by atoms with Crippen molar-refractivity contribution in [3.8, 4) is 11.5 Å². The van der Waals surface area contributed by atoms with Crippen molar-refractivity contribution in [2.75, 3.05) is 13.2 Å². The number of benzene rings is 2. The van der Waals surface area contributed by atoms with Gasteiger partial charge < -0.3 is 54.5 Å². The maximum Gasteiger partial charge on any atom is 0.292 e. The number of aromatic nitrogens is 2. The van der Waals surface area contributed by atoms with Crippen molar-refractivity contribution in [2.24, 2.45) is 5.16 Å². The minimum Gasteiger partial charge on any atom is -0.505 e. The number of nitrogens with zero attached hydrogens (tertiary/aromatic N) is 5. The first-order valence-electron chi connectivity index (χ1n) is 19.1. The van der Waals surface area contributed by atoms with E-state index in [-0.39, 0.29) is 54.2 Å². The number of amides is 4. The average molecular weight is 872 g/mol. The number of carbonyl (C=O) groups excluding carboxylic acids is 5. The van der Waals surface area contributed by atoms with E-state index in [9.17, 15) is 61.3 Å². The van der Waals surface area contributed by atoms with Gasteiger partial charge in [-0.1, -0.05) is 11.2 Å². The molecule has 4 amide bonds. The van der Waals surface area contributed by atoms with Crippen LogP contribution in [-0.2, 0) is 45.2 Å². The summed E-state index contributed by atoms with van der Waals surface area (Å²) >= 11 is 0. The van der Waals surface area contributed by atoms with Gasteiger partial charge in [0.05, 0.1) is 37.4 Å². The third kappa shape index (κ3) is 8.05. The van der Waals surface area contributed by atoms with Crippen molar-refractivity contribution in [2.45, 2.75) is 77.4 Å². The van der Waals surface area contributed by atoms with E-state index >= 15 is 0 Å². The summed E-state index contributed by atoms with van der Waals surface area (Å²) in [5.74, 6) is -10.7. The number of halogens is 5. The number of aromatic hydroxyl groups is 2. The molecule has 0 saturated carbocycles. The monoisotopic (exact) mass is 871 g/mol. The van der Waals surface area contributed by atoms with Crippen molar-refractivity contribution in [3.63, 3.8) is 0 Å². The lowest BCUT2D eigenvalue weighted by Gasteiger charge is -2.43. The molecule has 0 aliphatic carbocycles. The Morgan fingerprint density at radius 2 is 1.23 bits per heavy atom. The standard InChI is InChI=1S/C20H18F3N3O5.C20H20F2N4O5/c1-9-2-3-31-15-8-25-7-12(17(27)16(25)20(30)26(9)15)18(28)19(29)24-6-11-13(22)4-10(21)5-14(11)23;1-10-4-5-31-15-9-25-8-13(18(27)17(25)20(29)26(10)15)16(24-30)19(28)23-7-11-2-3-12(21)6-14(11)22/h4-5,7,9,15,27H,2-3,6,8H2,1H3,(H,24,29);2-3,6,8,10,15,27,30H,4-5,7,9H2,1H3,(H,23,28)/b;24-16+/t9-,15+;10-,15+/m11/s1. The van der Waals surface area contributed by atoms with Crippen LogP contribution in [-0.4, -0.2) is 107 Å². The lowest BCUT2D eigenvalue weighted by atomic mass is 10.1. The van der Waals surface area contributed by atoms with Crippen molar-refractivity contribution >= 4 is 35.1 Å². The van der Waals surface area contributed by atoms with E-state index in [1.807, 2.05) is 19.2 Å². The van der Waals surface area contributed by atoms with E-state index < -0.39 is 106 Å². The normalized spacial score (nSPS) is 20.6. The maximum atomic E-state index is 13.8. The number of hydrogen-bond acceptors (Lipinski definition) is 11. The molecule has 328 valence electrons. The van der Waals surface area contributed by atoms with Crippen LogP contribution in [0.5, 0.6) is 11.5 Å². The molecule has 2 fully saturated rings. The highest BCUT2D eigenvalue weighted by Crippen LogP contribution is 2.36. The predicted octanol–water partition coefficient (Wildman–Crippen LogP) is 3.26. The molecule has 4 aromatic rings. The molecule has 0 unspecified atom stereocenters. The van der Waals surface area contributed by atoms with Gasteiger partial charge in [-0.25, -0.2) is 22.0 Å². The molecule has 0 radical (unpaired) electrons. The Bertz CT molecular complexity index is 2500. The number of fused-ring (bicyclic) bond motifs is 4. The van der Waals surface area contributed by atoms with Gasteiger partial charge >= 0.3 is 0 Å². The Balaban J connectivity index is 0.000000186. The summed E-state index contributed by atoms with van der Waals surface area (Å²) in [4.78, 5) is 66.1. The fourth-order valence-electron chi connectivity index (χ4n) is 7.70. The van der Waals surface area contributed by atoms with E-state index in [1.54, 1.807) is 0 Å². The molecule has 22 heteroatoms. The van der Waals surface area contributed by atoms with Gasteiger partial charge in [-0.2, -0.15) is 0 Å². The minimum atomic E-state index is -1.25. The molecule has 0 bridgehead atoms. The number of Topliss-reactive ketones (excluding diaryl/α,β-unsaturated/α-hetero) is 1. The topological polar surface area (TPSA) is 217 Å². The van der Waals surface area contributed by atoms with Crippen LogP contribution in [0.1, 0.15) is 74.7 Å². The zero-order valence-corrected chi connectivity index (χ0v) is 32.8.